The van der Waals surface area contributed by atoms with Gasteiger partial charge in [-0.15, -0.1) is 0 Å². The highest BCUT2D eigenvalue weighted by Crippen LogP contribution is 2.09. The topological polar surface area (TPSA) is 49.9 Å². The van der Waals surface area contributed by atoms with Gasteiger partial charge in [0.05, 0.1) is 13.2 Å². The molecular formula is C17H24N2O3. The fraction of sp³-hybridized carbons (Fsp3) is 0.529. The van der Waals surface area contributed by atoms with Crippen LogP contribution in [0.2, 0.25) is 0 Å². The maximum atomic E-state index is 12.2. The summed E-state index contributed by atoms with van der Waals surface area (Å²) >= 11 is 0. The van der Waals surface area contributed by atoms with Crippen LogP contribution in [0.5, 0.6) is 0 Å². The molecule has 1 aromatic carbocycles. The molecule has 0 saturated carbocycles. The van der Waals surface area contributed by atoms with Crippen molar-refractivity contribution in [2.45, 2.75) is 26.8 Å². The first kappa shape index (κ1) is 16.5. The number of morpholine rings is 1. The van der Waals surface area contributed by atoms with Crippen molar-refractivity contribution in [1.29, 1.82) is 0 Å². The van der Waals surface area contributed by atoms with Crippen molar-refractivity contribution < 1.29 is 14.3 Å². The van der Waals surface area contributed by atoms with E-state index in [1.54, 1.807) is 11.8 Å². The van der Waals surface area contributed by atoms with E-state index in [1.165, 1.54) is 5.56 Å². The fourth-order valence-electron chi connectivity index (χ4n) is 2.58. The smallest absolute Gasteiger partial charge is 0.224 e. The molecule has 0 spiro atoms. The van der Waals surface area contributed by atoms with E-state index < -0.39 is 0 Å². The molecule has 0 bridgehead atoms. The number of aryl methyl sites for hydroxylation is 1. The van der Waals surface area contributed by atoms with E-state index in [1.807, 2.05) is 30.0 Å². The monoisotopic (exact) mass is 304 g/mol. The quantitative estimate of drug-likeness (QED) is 0.830. The number of carbonyl (C=O) groups is 2. The third-order valence-corrected chi connectivity index (χ3v) is 3.86. The summed E-state index contributed by atoms with van der Waals surface area (Å²) in [4.78, 5) is 27.5. The molecule has 1 heterocycles. The second-order valence-electron chi connectivity index (χ2n) is 5.67. The summed E-state index contributed by atoms with van der Waals surface area (Å²) in [6.45, 7) is 7.09. The highest BCUT2D eigenvalue weighted by atomic mass is 16.5. The predicted molar refractivity (Wildman–Crippen MR) is 84.3 cm³/mol. The average Bonchev–Trinajstić information content (AvgIpc) is 2.51. The molecule has 120 valence electrons. The van der Waals surface area contributed by atoms with Crippen LogP contribution in [0.3, 0.4) is 0 Å². The minimum Gasteiger partial charge on any atom is -0.378 e. The zero-order chi connectivity index (χ0) is 15.9. The molecule has 1 saturated heterocycles. The minimum atomic E-state index is -0.00344. The van der Waals surface area contributed by atoms with Gasteiger partial charge in [0.25, 0.3) is 0 Å². The molecule has 0 aromatic heterocycles. The lowest BCUT2D eigenvalue weighted by Gasteiger charge is -2.28. The molecule has 1 aliphatic heterocycles. The molecule has 1 aromatic rings. The summed E-state index contributed by atoms with van der Waals surface area (Å²) in [6, 6.07) is 8.10. The lowest BCUT2D eigenvalue weighted by Crippen LogP contribution is -2.42. The second-order valence-corrected chi connectivity index (χ2v) is 5.67. The highest BCUT2D eigenvalue weighted by molar-refractivity contribution is 5.78. The predicted octanol–water partition coefficient (Wildman–Crippen LogP) is 1.59. The van der Waals surface area contributed by atoms with E-state index in [9.17, 15) is 9.59 Å². The molecule has 5 heteroatoms. The molecule has 1 fully saturated rings. The number of hydrogen-bond acceptors (Lipinski definition) is 3. The van der Waals surface area contributed by atoms with Gasteiger partial charge < -0.3 is 14.5 Å². The van der Waals surface area contributed by atoms with Gasteiger partial charge in [0, 0.05) is 39.5 Å². The lowest BCUT2D eigenvalue weighted by atomic mass is 10.1. The van der Waals surface area contributed by atoms with Gasteiger partial charge in [0.1, 0.15) is 0 Å². The highest BCUT2D eigenvalue weighted by Gasteiger charge is 2.18. The number of nitrogens with zero attached hydrogens (tertiary/aromatic N) is 2. The Labute approximate surface area is 131 Å². The van der Waals surface area contributed by atoms with E-state index in [0.717, 1.165) is 5.56 Å². The van der Waals surface area contributed by atoms with Crippen LogP contribution < -0.4 is 0 Å². The SMILES string of the molecule is CC(=O)N(CCC(=O)N1CCOCC1)Cc1cccc(C)c1. The standard InChI is InChI=1S/C17H24N2O3/c1-14-4-3-5-16(12-14)13-19(15(2)20)7-6-17(21)18-8-10-22-11-9-18/h3-5,12H,6-11,13H2,1-2H3. The van der Waals surface area contributed by atoms with E-state index in [4.69, 9.17) is 4.74 Å². The Bertz CT molecular complexity index is 524. The lowest BCUT2D eigenvalue weighted by molar-refractivity contribution is -0.136. The molecule has 1 aliphatic rings. The molecular weight excluding hydrogens is 280 g/mol. The summed E-state index contributed by atoms with van der Waals surface area (Å²) in [5.41, 5.74) is 2.26. The normalized spacial score (nSPS) is 14.7. The van der Waals surface area contributed by atoms with Crippen LogP contribution >= 0.6 is 0 Å². The van der Waals surface area contributed by atoms with Gasteiger partial charge in [-0.05, 0) is 12.5 Å². The van der Waals surface area contributed by atoms with Crippen molar-refractivity contribution in [3.8, 4) is 0 Å². The van der Waals surface area contributed by atoms with Gasteiger partial charge in [0.2, 0.25) is 11.8 Å². The zero-order valence-electron chi connectivity index (χ0n) is 13.4. The van der Waals surface area contributed by atoms with Crippen LogP contribution in [0.4, 0.5) is 0 Å². The summed E-state index contributed by atoms with van der Waals surface area (Å²) in [5, 5.41) is 0. The largest absolute Gasteiger partial charge is 0.378 e. The minimum absolute atomic E-state index is 0.00344. The Kier molecular flexibility index (Phi) is 5.95. The Hall–Kier alpha value is -1.88. The van der Waals surface area contributed by atoms with Gasteiger partial charge in [-0.1, -0.05) is 29.8 Å². The van der Waals surface area contributed by atoms with Crippen molar-refractivity contribution in [3.63, 3.8) is 0 Å². The molecule has 0 N–H and O–H groups in total. The zero-order valence-corrected chi connectivity index (χ0v) is 13.4. The van der Waals surface area contributed by atoms with Crippen LogP contribution in [0.15, 0.2) is 24.3 Å². The molecule has 2 rings (SSSR count). The molecule has 22 heavy (non-hydrogen) atoms. The van der Waals surface area contributed by atoms with Gasteiger partial charge >= 0.3 is 0 Å². The third-order valence-electron chi connectivity index (χ3n) is 3.86. The van der Waals surface area contributed by atoms with Crippen molar-refractivity contribution in [2.24, 2.45) is 0 Å². The van der Waals surface area contributed by atoms with Crippen LogP contribution in [-0.2, 0) is 20.9 Å². The number of rotatable bonds is 5. The fourth-order valence-corrected chi connectivity index (χ4v) is 2.58. The first-order valence-electron chi connectivity index (χ1n) is 7.73. The Morgan fingerprint density at radius 3 is 2.64 bits per heavy atom. The number of ether oxygens (including phenoxy) is 1. The van der Waals surface area contributed by atoms with Crippen LogP contribution in [0, 0.1) is 6.92 Å². The third kappa shape index (κ3) is 4.84. The summed E-state index contributed by atoms with van der Waals surface area (Å²) in [5.74, 6) is 0.0927. The Balaban J connectivity index is 1.88. The number of benzene rings is 1. The maximum Gasteiger partial charge on any atom is 0.224 e. The van der Waals surface area contributed by atoms with Gasteiger partial charge in [-0.2, -0.15) is 0 Å². The van der Waals surface area contributed by atoms with Crippen LogP contribution in [0.25, 0.3) is 0 Å². The molecule has 0 radical (unpaired) electrons. The van der Waals surface area contributed by atoms with E-state index in [-0.39, 0.29) is 11.8 Å². The van der Waals surface area contributed by atoms with E-state index in [2.05, 4.69) is 6.07 Å². The van der Waals surface area contributed by atoms with Crippen molar-refractivity contribution in [1.82, 2.24) is 9.80 Å². The van der Waals surface area contributed by atoms with Gasteiger partial charge in [-0.3, -0.25) is 9.59 Å². The van der Waals surface area contributed by atoms with Crippen molar-refractivity contribution >= 4 is 11.8 Å². The average molecular weight is 304 g/mol. The first-order chi connectivity index (χ1) is 10.6. The first-order valence-corrected chi connectivity index (χ1v) is 7.73. The Morgan fingerprint density at radius 1 is 1.27 bits per heavy atom. The number of carbonyl (C=O) groups excluding carboxylic acids is 2. The molecule has 0 atom stereocenters. The molecule has 5 nitrogen and oxygen atoms in total. The van der Waals surface area contributed by atoms with Crippen molar-refractivity contribution in [2.75, 3.05) is 32.8 Å². The number of hydrogen-bond donors (Lipinski definition) is 0. The summed E-state index contributed by atoms with van der Waals surface area (Å²) in [7, 11) is 0. The van der Waals surface area contributed by atoms with Crippen LogP contribution in [0.1, 0.15) is 24.5 Å². The van der Waals surface area contributed by atoms with E-state index in [0.29, 0.717) is 45.8 Å². The summed E-state index contributed by atoms with van der Waals surface area (Å²) < 4.78 is 5.25. The van der Waals surface area contributed by atoms with Crippen molar-refractivity contribution in [3.05, 3.63) is 35.4 Å². The molecule has 0 aliphatic carbocycles. The number of amides is 2. The maximum absolute atomic E-state index is 12.2. The molecule has 0 unspecified atom stereocenters. The molecule has 2 amide bonds. The van der Waals surface area contributed by atoms with E-state index >= 15 is 0 Å². The van der Waals surface area contributed by atoms with Crippen LogP contribution in [-0.4, -0.2) is 54.5 Å². The Morgan fingerprint density at radius 2 is 2.00 bits per heavy atom. The second kappa shape index (κ2) is 7.94. The summed E-state index contributed by atoms with van der Waals surface area (Å²) in [6.07, 6.45) is 0.366. The van der Waals surface area contributed by atoms with Gasteiger partial charge in [0.15, 0.2) is 0 Å². The van der Waals surface area contributed by atoms with Gasteiger partial charge in [-0.25, -0.2) is 0 Å².